The Morgan fingerprint density at radius 1 is 1.53 bits per heavy atom. The second-order valence-electron chi connectivity index (χ2n) is 4.23. The van der Waals surface area contributed by atoms with Crippen molar-refractivity contribution in [3.63, 3.8) is 0 Å². The molecule has 1 fully saturated rings. The first-order chi connectivity index (χ1) is 8.29. The molecule has 94 valence electrons. The molecule has 3 nitrogen and oxygen atoms in total. The average Bonchev–Trinajstić information content (AvgIpc) is 2.84. The number of nitrogens with one attached hydrogen (secondary N) is 1. The molecule has 0 spiro atoms. The molecule has 1 saturated heterocycles. The Balaban J connectivity index is 1.81. The Morgan fingerprint density at radius 2 is 2.41 bits per heavy atom. The lowest BCUT2D eigenvalue weighted by molar-refractivity contribution is 0.110. The highest BCUT2D eigenvalue weighted by molar-refractivity contribution is 5.30. The van der Waals surface area contributed by atoms with Crippen LogP contribution >= 0.6 is 0 Å². The summed E-state index contributed by atoms with van der Waals surface area (Å²) >= 11 is 0. The average molecular weight is 239 g/mol. The summed E-state index contributed by atoms with van der Waals surface area (Å²) in [6.07, 6.45) is 2.61. The summed E-state index contributed by atoms with van der Waals surface area (Å²) in [6, 6.07) is 4.92. The maximum Gasteiger partial charge on any atom is 0.165 e. The highest BCUT2D eigenvalue weighted by Crippen LogP contribution is 2.18. The van der Waals surface area contributed by atoms with E-state index in [1.54, 1.807) is 12.1 Å². The van der Waals surface area contributed by atoms with Crippen molar-refractivity contribution < 1.29 is 13.9 Å². The van der Waals surface area contributed by atoms with Crippen LogP contribution in [-0.4, -0.2) is 26.4 Å². The van der Waals surface area contributed by atoms with Crippen LogP contribution in [0.25, 0.3) is 0 Å². The molecule has 1 unspecified atom stereocenters. The summed E-state index contributed by atoms with van der Waals surface area (Å²) in [5, 5.41) is 3.31. The summed E-state index contributed by atoms with van der Waals surface area (Å²) in [6.45, 7) is 2.42. The molecule has 2 rings (SSSR count). The summed E-state index contributed by atoms with van der Waals surface area (Å²) in [5.74, 6) is -0.0307. The van der Waals surface area contributed by atoms with Gasteiger partial charge in [-0.25, -0.2) is 4.39 Å². The first kappa shape index (κ1) is 12.3. The molecule has 1 aromatic carbocycles. The SMILES string of the molecule is COc1cc(CNCC2CCCO2)ccc1F. The van der Waals surface area contributed by atoms with Crippen molar-refractivity contribution in [3.05, 3.63) is 29.6 Å². The number of hydrogen-bond donors (Lipinski definition) is 1. The van der Waals surface area contributed by atoms with E-state index in [1.165, 1.54) is 13.2 Å². The molecule has 0 aliphatic carbocycles. The maximum absolute atomic E-state index is 13.2. The molecule has 1 aliphatic rings. The van der Waals surface area contributed by atoms with Gasteiger partial charge in [-0.05, 0) is 30.5 Å². The minimum Gasteiger partial charge on any atom is -0.494 e. The lowest BCUT2D eigenvalue weighted by Gasteiger charge is -2.11. The topological polar surface area (TPSA) is 30.5 Å². The molecule has 1 N–H and O–H groups in total. The molecule has 0 aromatic heterocycles. The summed E-state index contributed by atoms with van der Waals surface area (Å²) < 4.78 is 23.6. The van der Waals surface area contributed by atoms with Crippen molar-refractivity contribution in [2.45, 2.75) is 25.5 Å². The molecule has 0 radical (unpaired) electrons. The van der Waals surface area contributed by atoms with Crippen LogP contribution in [0.5, 0.6) is 5.75 Å². The first-order valence-electron chi connectivity index (χ1n) is 5.94. The van der Waals surface area contributed by atoms with Crippen LogP contribution in [0.1, 0.15) is 18.4 Å². The molecule has 0 saturated carbocycles. The van der Waals surface area contributed by atoms with Gasteiger partial charge in [0.05, 0.1) is 13.2 Å². The third kappa shape index (κ3) is 3.41. The number of halogens is 1. The predicted octanol–water partition coefficient (Wildman–Crippen LogP) is 2.10. The molecule has 0 bridgehead atoms. The second-order valence-corrected chi connectivity index (χ2v) is 4.23. The summed E-state index contributed by atoms with van der Waals surface area (Å²) in [7, 11) is 1.47. The molecule has 17 heavy (non-hydrogen) atoms. The molecular formula is C13H18FNO2. The largest absolute Gasteiger partial charge is 0.494 e. The zero-order chi connectivity index (χ0) is 12.1. The fourth-order valence-electron chi connectivity index (χ4n) is 2.00. The third-order valence-electron chi connectivity index (χ3n) is 2.94. The van der Waals surface area contributed by atoms with Gasteiger partial charge in [0.2, 0.25) is 0 Å². The lowest BCUT2D eigenvalue weighted by Crippen LogP contribution is -2.25. The molecular weight excluding hydrogens is 221 g/mol. The maximum atomic E-state index is 13.2. The predicted molar refractivity (Wildman–Crippen MR) is 63.6 cm³/mol. The van der Waals surface area contributed by atoms with E-state index >= 15 is 0 Å². The zero-order valence-electron chi connectivity index (χ0n) is 10.0. The van der Waals surface area contributed by atoms with Crippen LogP contribution < -0.4 is 10.1 Å². The van der Waals surface area contributed by atoms with E-state index in [2.05, 4.69) is 5.32 Å². The van der Waals surface area contributed by atoms with Crippen molar-refractivity contribution in [1.29, 1.82) is 0 Å². The second kappa shape index (κ2) is 5.98. The van der Waals surface area contributed by atoms with Gasteiger partial charge in [-0.3, -0.25) is 0 Å². The van der Waals surface area contributed by atoms with Gasteiger partial charge in [-0.2, -0.15) is 0 Å². The Bertz CT molecular complexity index is 364. The molecule has 4 heteroatoms. The van der Waals surface area contributed by atoms with Gasteiger partial charge in [-0.1, -0.05) is 6.07 Å². The number of methoxy groups -OCH3 is 1. The molecule has 1 atom stereocenters. The summed E-state index contributed by atoms with van der Waals surface area (Å²) in [5.41, 5.74) is 1.02. The Kier molecular flexibility index (Phi) is 4.34. The van der Waals surface area contributed by atoms with Gasteiger partial charge >= 0.3 is 0 Å². The third-order valence-corrected chi connectivity index (χ3v) is 2.94. The fraction of sp³-hybridized carbons (Fsp3) is 0.538. The van der Waals surface area contributed by atoms with Crippen LogP contribution in [0.15, 0.2) is 18.2 Å². The molecule has 1 aliphatic heterocycles. The van der Waals surface area contributed by atoms with Crippen LogP contribution in [0.3, 0.4) is 0 Å². The number of rotatable bonds is 5. The molecule has 0 amide bonds. The Hall–Kier alpha value is -1.13. The fourth-order valence-corrected chi connectivity index (χ4v) is 2.00. The van der Waals surface area contributed by atoms with Gasteiger partial charge in [-0.15, -0.1) is 0 Å². The number of benzene rings is 1. The van der Waals surface area contributed by atoms with E-state index in [0.29, 0.717) is 18.4 Å². The highest BCUT2D eigenvalue weighted by atomic mass is 19.1. The normalized spacial score (nSPS) is 19.5. The van der Waals surface area contributed by atoms with E-state index in [1.807, 2.05) is 0 Å². The van der Waals surface area contributed by atoms with Crippen LogP contribution in [0.2, 0.25) is 0 Å². The van der Waals surface area contributed by atoms with E-state index in [-0.39, 0.29) is 5.82 Å². The summed E-state index contributed by atoms with van der Waals surface area (Å²) in [4.78, 5) is 0. The lowest BCUT2D eigenvalue weighted by atomic mass is 10.2. The number of ether oxygens (including phenoxy) is 2. The van der Waals surface area contributed by atoms with Crippen LogP contribution in [-0.2, 0) is 11.3 Å². The highest BCUT2D eigenvalue weighted by Gasteiger charge is 2.14. The standard InChI is InChI=1S/C13H18FNO2/c1-16-13-7-10(4-5-12(13)14)8-15-9-11-3-2-6-17-11/h4-5,7,11,15H,2-3,6,8-9H2,1H3. The van der Waals surface area contributed by atoms with E-state index in [0.717, 1.165) is 31.6 Å². The Labute approximate surface area is 101 Å². The first-order valence-corrected chi connectivity index (χ1v) is 5.94. The monoisotopic (exact) mass is 239 g/mol. The van der Waals surface area contributed by atoms with Gasteiger partial charge < -0.3 is 14.8 Å². The van der Waals surface area contributed by atoms with Crippen LogP contribution in [0, 0.1) is 5.82 Å². The van der Waals surface area contributed by atoms with Crippen molar-refractivity contribution >= 4 is 0 Å². The molecule has 1 aromatic rings. The van der Waals surface area contributed by atoms with Crippen molar-refractivity contribution in [2.75, 3.05) is 20.3 Å². The minimum absolute atomic E-state index is 0.293. The van der Waals surface area contributed by atoms with Gasteiger partial charge in [0.25, 0.3) is 0 Å². The minimum atomic E-state index is -0.324. The molecule has 1 heterocycles. The smallest absolute Gasteiger partial charge is 0.165 e. The van der Waals surface area contributed by atoms with Gasteiger partial charge in [0.1, 0.15) is 0 Å². The Morgan fingerprint density at radius 3 is 3.12 bits per heavy atom. The van der Waals surface area contributed by atoms with Crippen molar-refractivity contribution in [3.8, 4) is 5.75 Å². The van der Waals surface area contributed by atoms with Crippen molar-refractivity contribution in [1.82, 2.24) is 5.32 Å². The van der Waals surface area contributed by atoms with E-state index in [4.69, 9.17) is 9.47 Å². The van der Waals surface area contributed by atoms with Gasteiger partial charge in [0.15, 0.2) is 11.6 Å². The van der Waals surface area contributed by atoms with E-state index < -0.39 is 0 Å². The van der Waals surface area contributed by atoms with E-state index in [9.17, 15) is 4.39 Å². The van der Waals surface area contributed by atoms with Gasteiger partial charge in [0, 0.05) is 19.7 Å². The van der Waals surface area contributed by atoms with Crippen molar-refractivity contribution in [2.24, 2.45) is 0 Å². The zero-order valence-corrected chi connectivity index (χ0v) is 10.0. The van der Waals surface area contributed by atoms with Crippen LogP contribution in [0.4, 0.5) is 4.39 Å². The quantitative estimate of drug-likeness (QED) is 0.853. The number of hydrogen-bond acceptors (Lipinski definition) is 3.